The van der Waals surface area contributed by atoms with Gasteiger partial charge in [-0.15, -0.1) is 0 Å². The SMILES string of the molecule is CS(=O)(=O)c1ccc(-c2cnn(CC(F)(F)F)c(=O)c2NCC2CC2)cc1. The average Bonchev–Trinajstić information content (AvgIpc) is 3.38. The zero-order valence-corrected chi connectivity index (χ0v) is 15.3. The van der Waals surface area contributed by atoms with Crippen molar-refractivity contribution in [3.63, 3.8) is 0 Å². The second kappa shape index (κ2) is 6.99. The lowest BCUT2D eigenvalue weighted by molar-refractivity contribution is -0.143. The fraction of sp³-hybridized carbons (Fsp3) is 0.412. The fourth-order valence-corrected chi connectivity index (χ4v) is 3.24. The zero-order valence-electron chi connectivity index (χ0n) is 14.5. The van der Waals surface area contributed by atoms with Crippen LogP contribution >= 0.6 is 0 Å². The first kappa shape index (κ1) is 19.4. The predicted molar refractivity (Wildman–Crippen MR) is 94.3 cm³/mol. The number of alkyl halides is 3. The summed E-state index contributed by atoms with van der Waals surface area (Å²) in [6.07, 6.45) is -0.286. The van der Waals surface area contributed by atoms with Crippen molar-refractivity contribution < 1.29 is 21.6 Å². The molecule has 0 unspecified atom stereocenters. The molecule has 146 valence electrons. The molecule has 1 saturated carbocycles. The van der Waals surface area contributed by atoms with Crippen molar-refractivity contribution in [1.82, 2.24) is 9.78 Å². The Morgan fingerprint density at radius 2 is 1.85 bits per heavy atom. The lowest BCUT2D eigenvalue weighted by Crippen LogP contribution is -2.32. The minimum Gasteiger partial charge on any atom is -0.380 e. The van der Waals surface area contributed by atoms with E-state index in [-0.39, 0.29) is 10.6 Å². The van der Waals surface area contributed by atoms with E-state index in [1.807, 2.05) is 0 Å². The molecule has 1 aromatic heterocycles. The Balaban J connectivity index is 2.02. The molecule has 27 heavy (non-hydrogen) atoms. The standard InChI is InChI=1S/C17H18F3N3O3S/c1-27(25,26)13-6-4-12(5-7-13)14-9-22-23(10-17(18,19)20)16(24)15(14)21-8-11-2-3-11/h4-7,9,11,21H,2-3,8,10H2,1H3. The van der Waals surface area contributed by atoms with Crippen molar-refractivity contribution in [3.05, 3.63) is 40.8 Å². The van der Waals surface area contributed by atoms with Gasteiger partial charge in [-0.25, -0.2) is 13.1 Å². The van der Waals surface area contributed by atoms with Crippen LogP contribution in [-0.2, 0) is 16.4 Å². The number of aromatic nitrogens is 2. The fourth-order valence-electron chi connectivity index (χ4n) is 2.61. The summed E-state index contributed by atoms with van der Waals surface area (Å²) in [7, 11) is -3.38. The third kappa shape index (κ3) is 4.88. The summed E-state index contributed by atoms with van der Waals surface area (Å²) < 4.78 is 61.6. The molecule has 0 amide bonds. The molecule has 0 atom stereocenters. The topological polar surface area (TPSA) is 81.1 Å². The van der Waals surface area contributed by atoms with Crippen LogP contribution in [0.1, 0.15) is 12.8 Å². The Kier molecular flexibility index (Phi) is 5.02. The Labute approximate surface area is 153 Å². The first-order valence-corrected chi connectivity index (χ1v) is 10.1. The van der Waals surface area contributed by atoms with E-state index in [1.165, 1.54) is 30.5 Å². The van der Waals surface area contributed by atoms with E-state index in [9.17, 15) is 26.4 Å². The molecule has 0 spiro atoms. The summed E-state index contributed by atoms with van der Waals surface area (Å²) in [6, 6.07) is 5.78. The maximum absolute atomic E-state index is 12.7. The van der Waals surface area contributed by atoms with Gasteiger partial charge in [0, 0.05) is 18.4 Å². The summed E-state index contributed by atoms with van der Waals surface area (Å²) in [4.78, 5) is 12.7. The van der Waals surface area contributed by atoms with Crippen molar-refractivity contribution in [2.75, 3.05) is 18.1 Å². The number of benzene rings is 1. The van der Waals surface area contributed by atoms with Crippen LogP contribution in [0.2, 0.25) is 0 Å². The summed E-state index contributed by atoms with van der Waals surface area (Å²) >= 11 is 0. The van der Waals surface area contributed by atoms with Crippen LogP contribution in [-0.4, -0.2) is 37.2 Å². The molecule has 1 aliphatic carbocycles. The van der Waals surface area contributed by atoms with Gasteiger partial charge in [0.15, 0.2) is 9.84 Å². The van der Waals surface area contributed by atoms with Gasteiger partial charge in [0.1, 0.15) is 12.2 Å². The molecule has 1 fully saturated rings. The lowest BCUT2D eigenvalue weighted by Gasteiger charge is -2.15. The predicted octanol–water partition coefficient (Wildman–Crippen LogP) is 2.70. The van der Waals surface area contributed by atoms with Crippen LogP contribution in [0.4, 0.5) is 18.9 Å². The highest BCUT2D eigenvalue weighted by atomic mass is 32.2. The van der Waals surface area contributed by atoms with Gasteiger partial charge < -0.3 is 5.32 Å². The largest absolute Gasteiger partial charge is 0.408 e. The van der Waals surface area contributed by atoms with E-state index in [2.05, 4.69) is 10.4 Å². The van der Waals surface area contributed by atoms with Gasteiger partial charge in [-0.2, -0.15) is 18.3 Å². The number of nitrogens with zero attached hydrogens (tertiary/aromatic N) is 2. The number of anilines is 1. The lowest BCUT2D eigenvalue weighted by atomic mass is 10.1. The minimum atomic E-state index is -4.57. The van der Waals surface area contributed by atoms with Crippen molar-refractivity contribution in [1.29, 1.82) is 0 Å². The number of hydrogen-bond acceptors (Lipinski definition) is 5. The summed E-state index contributed by atoms with van der Waals surface area (Å²) in [6.45, 7) is -0.989. The van der Waals surface area contributed by atoms with Crippen molar-refractivity contribution >= 4 is 15.5 Å². The highest BCUT2D eigenvalue weighted by molar-refractivity contribution is 7.90. The monoisotopic (exact) mass is 401 g/mol. The van der Waals surface area contributed by atoms with Gasteiger partial charge in [0.2, 0.25) is 0 Å². The van der Waals surface area contributed by atoms with E-state index >= 15 is 0 Å². The Hall–Kier alpha value is -2.36. The van der Waals surface area contributed by atoms with E-state index in [4.69, 9.17) is 0 Å². The van der Waals surface area contributed by atoms with Gasteiger partial charge in [0.25, 0.3) is 5.56 Å². The average molecular weight is 401 g/mol. The number of halogens is 3. The summed E-state index contributed by atoms with van der Waals surface area (Å²) in [5.41, 5.74) is -0.00509. The maximum Gasteiger partial charge on any atom is 0.408 e. The van der Waals surface area contributed by atoms with Gasteiger partial charge in [-0.1, -0.05) is 12.1 Å². The van der Waals surface area contributed by atoms with Gasteiger partial charge in [-0.05, 0) is 36.5 Å². The third-order valence-corrected chi connectivity index (χ3v) is 5.36. The Morgan fingerprint density at radius 1 is 1.22 bits per heavy atom. The molecule has 1 aromatic carbocycles. The number of sulfone groups is 1. The molecule has 10 heteroatoms. The number of nitrogens with one attached hydrogen (secondary N) is 1. The van der Waals surface area contributed by atoms with E-state index in [1.54, 1.807) is 0 Å². The van der Waals surface area contributed by atoms with Crippen LogP contribution in [0.5, 0.6) is 0 Å². The molecule has 6 nitrogen and oxygen atoms in total. The molecule has 0 bridgehead atoms. The van der Waals surface area contributed by atoms with Gasteiger partial charge in [-0.3, -0.25) is 4.79 Å². The molecule has 1 aliphatic rings. The molecule has 0 aliphatic heterocycles. The van der Waals surface area contributed by atoms with Crippen LogP contribution in [0.25, 0.3) is 11.1 Å². The normalized spacial score (nSPS) is 15.0. The molecule has 3 rings (SSSR count). The second-order valence-corrected chi connectivity index (χ2v) is 8.65. The zero-order chi connectivity index (χ0) is 19.8. The van der Waals surface area contributed by atoms with Crippen LogP contribution < -0.4 is 10.9 Å². The molecular formula is C17H18F3N3O3S. The van der Waals surface area contributed by atoms with E-state index < -0.39 is 28.1 Å². The van der Waals surface area contributed by atoms with Crippen molar-refractivity contribution in [2.24, 2.45) is 5.92 Å². The Morgan fingerprint density at radius 3 is 2.37 bits per heavy atom. The quantitative estimate of drug-likeness (QED) is 0.805. The van der Waals surface area contributed by atoms with Gasteiger partial charge in [0.05, 0.1) is 11.1 Å². The van der Waals surface area contributed by atoms with Crippen molar-refractivity contribution in [3.8, 4) is 11.1 Å². The molecule has 2 aromatic rings. The summed E-state index contributed by atoms with van der Waals surface area (Å²) in [5, 5.41) is 6.59. The van der Waals surface area contributed by atoms with Crippen LogP contribution in [0.3, 0.4) is 0 Å². The molecule has 0 saturated heterocycles. The molecule has 1 N–H and O–H groups in total. The molecule has 1 heterocycles. The van der Waals surface area contributed by atoms with Crippen LogP contribution in [0.15, 0.2) is 40.2 Å². The number of hydrogen-bond donors (Lipinski definition) is 1. The smallest absolute Gasteiger partial charge is 0.380 e. The first-order valence-electron chi connectivity index (χ1n) is 8.26. The first-order chi connectivity index (χ1) is 12.5. The van der Waals surface area contributed by atoms with Crippen LogP contribution in [0, 0.1) is 5.92 Å². The molecule has 0 radical (unpaired) electrons. The second-order valence-electron chi connectivity index (χ2n) is 6.63. The number of rotatable bonds is 6. The molecular weight excluding hydrogens is 383 g/mol. The van der Waals surface area contributed by atoms with E-state index in [0.717, 1.165) is 19.1 Å². The van der Waals surface area contributed by atoms with E-state index in [0.29, 0.717) is 28.3 Å². The maximum atomic E-state index is 12.7. The highest BCUT2D eigenvalue weighted by Crippen LogP contribution is 2.31. The summed E-state index contributed by atoms with van der Waals surface area (Å²) in [5.74, 6) is 0.397. The highest BCUT2D eigenvalue weighted by Gasteiger charge is 2.30. The van der Waals surface area contributed by atoms with Gasteiger partial charge >= 0.3 is 6.18 Å². The Bertz CT molecular complexity index is 995. The minimum absolute atomic E-state index is 0.0354. The third-order valence-electron chi connectivity index (χ3n) is 4.23. The van der Waals surface area contributed by atoms with Crippen molar-refractivity contribution in [2.45, 2.75) is 30.5 Å².